The number of rotatable bonds is 4. The summed E-state index contributed by atoms with van der Waals surface area (Å²) >= 11 is 5.42. The Hall–Kier alpha value is 0.460. The second kappa shape index (κ2) is 6.04. The van der Waals surface area contributed by atoms with Crippen molar-refractivity contribution in [2.45, 2.75) is 23.8 Å². The zero-order valence-corrected chi connectivity index (χ0v) is 10.1. The Balaban J connectivity index is 2.19. The van der Waals surface area contributed by atoms with Crippen LogP contribution in [0.15, 0.2) is 12.7 Å². The molecule has 1 aliphatic heterocycles. The van der Waals surface area contributed by atoms with E-state index >= 15 is 0 Å². The first-order valence-electron chi connectivity index (χ1n) is 4.24. The molecule has 0 N–H and O–H groups in total. The minimum Gasteiger partial charge on any atom is -0.282 e. The van der Waals surface area contributed by atoms with Crippen molar-refractivity contribution in [3.05, 3.63) is 12.7 Å². The summed E-state index contributed by atoms with van der Waals surface area (Å²) in [5.74, 6) is 1.25. The molecule has 13 heavy (non-hydrogen) atoms. The molecule has 1 rings (SSSR count). The summed E-state index contributed by atoms with van der Waals surface area (Å²) in [6, 6.07) is 0. The van der Waals surface area contributed by atoms with Crippen LogP contribution in [0.5, 0.6) is 0 Å². The molecule has 0 bridgehead atoms. The van der Waals surface area contributed by atoms with Crippen LogP contribution in [0.4, 0.5) is 0 Å². The van der Waals surface area contributed by atoms with E-state index in [4.69, 9.17) is 0 Å². The van der Waals surface area contributed by atoms with Gasteiger partial charge in [-0.3, -0.25) is 4.79 Å². The van der Waals surface area contributed by atoms with Crippen molar-refractivity contribution in [3.8, 4) is 0 Å². The van der Waals surface area contributed by atoms with Crippen LogP contribution < -0.4 is 0 Å². The van der Waals surface area contributed by atoms with E-state index in [-0.39, 0.29) is 5.12 Å². The molecule has 0 aromatic rings. The summed E-state index contributed by atoms with van der Waals surface area (Å²) in [6.45, 7) is 5.59. The number of hydrogen-bond donors (Lipinski definition) is 0. The Bertz CT molecular complexity index is 187. The Morgan fingerprint density at radius 2 is 2.62 bits per heavy atom. The highest BCUT2D eigenvalue weighted by Crippen LogP contribution is 2.34. The monoisotopic (exact) mass is 234 g/mol. The molecule has 0 aromatic carbocycles. The van der Waals surface area contributed by atoms with Crippen molar-refractivity contribution >= 4 is 40.4 Å². The van der Waals surface area contributed by atoms with E-state index in [0.29, 0.717) is 5.25 Å². The fraction of sp³-hybridized carbons (Fsp3) is 0.667. The van der Waals surface area contributed by atoms with Crippen LogP contribution in [0.3, 0.4) is 0 Å². The first-order valence-corrected chi connectivity index (χ1v) is 7.33. The van der Waals surface area contributed by atoms with Gasteiger partial charge in [0, 0.05) is 21.3 Å². The van der Waals surface area contributed by atoms with Crippen LogP contribution in [-0.2, 0) is 4.79 Å². The highest BCUT2D eigenvalue weighted by Gasteiger charge is 2.19. The molecule has 74 valence electrons. The van der Waals surface area contributed by atoms with Gasteiger partial charge in [-0.05, 0) is 12.5 Å². The molecule has 1 aliphatic rings. The molecule has 2 unspecified atom stereocenters. The molecule has 1 fully saturated rings. The van der Waals surface area contributed by atoms with Gasteiger partial charge in [-0.15, -0.1) is 23.5 Å². The van der Waals surface area contributed by atoms with Crippen molar-refractivity contribution in [2.75, 3.05) is 10.8 Å². The summed E-state index contributed by atoms with van der Waals surface area (Å²) in [6.07, 6.45) is 2.54. The predicted octanol–water partition coefficient (Wildman–Crippen LogP) is 3.02. The third kappa shape index (κ3) is 4.47. The minimum absolute atomic E-state index is 0.100. The van der Waals surface area contributed by atoms with Crippen LogP contribution in [-0.4, -0.2) is 26.5 Å². The molecular weight excluding hydrogens is 220 g/mol. The quantitative estimate of drug-likeness (QED) is 0.695. The lowest BCUT2D eigenvalue weighted by atomic mass is 10.3. The Kier molecular flexibility index (Phi) is 5.36. The van der Waals surface area contributed by atoms with E-state index in [1.165, 1.54) is 28.7 Å². The Morgan fingerprint density at radius 3 is 3.15 bits per heavy atom. The second-order valence-electron chi connectivity index (χ2n) is 2.96. The largest absolute Gasteiger partial charge is 0.282 e. The molecular formula is C9H14OS3. The standard InChI is InChI=1S/C9H14OS3/c1-3-9(10)13-7(2)4-8-5-11-6-12-8/h3,7-8H,1,4-6H2,2H3. The van der Waals surface area contributed by atoms with Gasteiger partial charge in [0.2, 0.25) is 5.12 Å². The fourth-order valence-corrected chi connectivity index (χ4v) is 5.15. The number of carbonyl (C=O) groups excluding carboxylic acids is 1. The van der Waals surface area contributed by atoms with Crippen molar-refractivity contribution in [3.63, 3.8) is 0 Å². The van der Waals surface area contributed by atoms with Gasteiger partial charge < -0.3 is 0 Å². The molecule has 2 atom stereocenters. The molecule has 0 spiro atoms. The smallest absolute Gasteiger partial charge is 0.211 e. The van der Waals surface area contributed by atoms with Crippen LogP contribution in [0.1, 0.15) is 13.3 Å². The van der Waals surface area contributed by atoms with E-state index in [1.54, 1.807) is 0 Å². The summed E-state index contributed by atoms with van der Waals surface area (Å²) in [7, 11) is 0. The van der Waals surface area contributed by atoms with Gasteiger partial charge in [-0.25, -0.2) is 0 Å². The fourth-order valence-electron chi connectivity index (χ4n) is 1.17. The maximum atomic E-state index is 11.0. The van der Waals surface area contributed by atoms with Crippen molar-refractivity contribution < 1.29 is 4.79 Å². The average Bonchev–Trinajstić information content (AvgIpc) is 2.56. The van der Waals surface area contributed by atoms with E-state index < -0.39 is 0 Å². The summed E-state index contributed by atoms with van der Waals surface area (Å²) < 4.78 is 0. The lowest BCUT2D eigenvalue weighted by Gasteiger charge is -2.12. The lowest BCUT2D eigenvalue weighted by Crippen LogP contribution is -2.10. The molecule has 1 saturated heterocycles. The van der Waals surface area contributed by atoms with Gasteiger partial charge in [-0.2, -0.15) is 0 Å². The minimum atomic E-state index is 0.100. The van der Waals surface area contributed by atoms with E-state index in [9.17, 15) is 4.79 Å². The topological polar surface area (TPSA) is 17.1 Å². The highest BCUT2D eigenvalue weighted by atomic mass is 32.2. The van der Waals surface area contributed by atoms with Gasteiger partial charge in [0.05, 0.1) is 0 Å². The van der Waals surface area contributed by atoms with Gasteiger partial charge >= 0.3 is 0 Å². The maximum absolute atomic E-state index is 11.0. The molecule has 1 heterocycles. The normalized spacial score (nSPS) is 24.2. The van der Waals surface area contributed by atoms with Crippen LogP contribution in [0.25, 0.3) is 0 Å². The highest BCUT2D eigenvalue weighted by molar-refractivity contribution is 8.19. The van der Waals surface area contributed by atoms with Gasteiger partial charge in [0.15, 0.2) is 0 Å². The zero-order chi connectivity index (χ0) is 9.68. The summed E-state index contributed by atoms with van der Waals surface area (Å²) in [5, 5.41) is 2.51. The number of thioether (sulfide) groups is 3. The second-order valence-corrected chi connectivity index (χ2v) is 7.09. The third-order valence-corrected chi connectivity index (χ3v) is 5.65. The molecule has 0 radical (unpaired) electrons. The van der Waals surface area contributed by atoms with Crippen LogP contribution in [0.2, 0.25) is 0 Å². The molecule has 0 saturated carbocycles. The van der Waals surface area contributed by atoms with Gasteiger partial charge in [-0.1, -0.05) is 25.3 Å². The van der Waals surface area contributed by atoms with Gasteiger partial charge in [0.25, 0.3) is 0 Å². The maximum Gasteiger partial charge on any atom is 0.211 e. The SMILES string of the molecule is C=CC(=O)SC(C)CC1CSCS1. The lowest BCUT2D eigenvalue weighted by molar-refractivity contribution is -0.107. The Morgan fingerprint density at radius 1 is 1.85 bits per heavy atom. The average molecular weight is 234 g/mol. The van der Waals surface area contributed by atoms with Crippen LogP contribution >= 0.6 is 35.3 Å². The van der Waals surface area contributed by atoms with E-state index in [2.05, 4.69) is 13.5 Å². The molecule has 1 nitrogen and oxygen atoms in total. The molecule has 4 heteroatoms. The Labute approximate surface area is 92.5 Å². The summed E-state index contributed by atoms with van der Waals surface area (Å²) in [5.41, 5.74) is 0. The number of carbonyl (C=O) groups is 1. The van der Waals surface area contributed by atoms with E-state index in [1.807, 2.05) is 23.5 Å². The molecule has 0 aliphatic carbocycles. The third-order valence-electron chi connectivity index (χ3n) is 1.77. The van der Waals surface area contributed by atoms with Crippen molar-refractivity contribution in [2.24, 2.45) is 0 Å². The van der Waals surface area contributed by atoms with Crippen LogP contribution in [0, 0.1) is 0 Å². The van der Waals surface area contributed by atoms with Crippen molar-refractivity contribution in [1.29, 1.82) is 0 Å². The molecule has 0 amide bonds. The first kappa shape index (κ1) is 11.5. The molecule has 0 aromatic heterocycles. The summed E-state index contributed by atoms with van der Waals surface area (Å²) in [4.78, 5) is 11.0. The number of hydrogen-bond acceptors (Lipinski definition) is 4. The van der Waals surface area contributed by atoms with E-state index in [0.717, 1.165) is 11.7 Å². The predicted molar refractivity (Wildman–Crippen MR) is 65.6 cm³/mol. The first-order chi connectivity index (χ1) is 6.22. The zero-order valence-electron chi connectivity index (χ0n) is 7.69. The van der Waals surface area contributed by atoms with Crippen molar-refractivity contribution in [1.82, 2.24) is 0 Å². The van der Waals surface area contributed by atoms with Gasteiger partial charge in [0.1, 0.15) is 0 Å².